The molecular weight excluding hydrogens is 542 g/mol. The molecule has 0 nitrogen and oxygen atoms in total. The van der Waals surface area contributed by atoms with Crippen LogP contribution in [0.2, 0.25) is 13.1 Å². The van der Waals surface area contributed by atoms with Gasteiger partial charge in [-0.3, -0.25) is 0 Å². The van der Waals surface area contributed by atoms with Crippen molar-refractivity contribution < 1.29 is 45.4 Å². The van der Waals surface area contributed by atoms with E-state index in [1.54, 1.807) is 11.1 Å². The molecule has 4 rings (SSSR count). The van der Waals surface area contributed by atoms with Gasteiger partial charge in [-0.1, -0.05) is 0 Å². The molecule has 2 aromatic carbocycles. The van der Waals surface area contributed by atoms with E-state index in [2.05, 4.69) is 87.6 Å². The molecule has 0 bridgehead atoms. The summed E-state index contributed by atoms with van der Waals surface area (Å²) in [6, 6.07) is 18.4. The first kappa shape index (κ1) is 21.9. The predicted octanol–water partition coefficient (Wildman–Crippen LogP) is -0.0876. The number of fused-ring (bicyclic) bond motifs is 2. The van der Waals surface area contributed by atoms with Crippen LogP contribution in [-0.2, 0) is 20.6 Å². The van der Waals surface area contributed by atoms with E-state index < -0.39 is 26.6 Å². The van der Waals surface area contributed by atoms with E-state index in [-0.39, 0.29) is 24.8 Å². The van der Waals surface area contributed by atoms with E-state index in [4.69, 9.17) is 0 Å². The van der Waals surface area contributed by atoms with Crippen molar-refractivity contribution in [2.75, 3.05) is 0 Å². The topological polar surface area (TPSA) is 0 Å². The normalized spacial score (nSPS) is 19.7. The molecule has 0 N–H and O–H groups in total. The molecule has 2 aliphatic rings. The summed E-state index contributed by atoms with van der Waals surface area (Å²) in [5.41, 5.74) is 9.36. The summed E-state index contributed by atoms with van der Waals surface area (Å²) in [6.45, 7) is 9.87. The van der Waals surface area contributed by atoms with Crippen molar-refractivity contribution in [3.63, 3.8) is 0 Å². The molecule has 2 aromatic rings. The molecule has 0 heterocycles. The van der Waals surface area contributed by atoms with E-state index in [1.807, 2.05) is 0 Å². The van der Waals surface area contributed by atoms with Crippen molar-refractivity contribution in [2.24, 2.45) is 0 Å². The molecule has 0 aromatic heterocycles. The minimum Gasteiger partial charge on any atom is -1.00 e. The van der Waals surface area contributed by atoms with Crippen LogP contribution in [0.1, 0.15) is 43.5 Å². The Morgan fingerprint density at radius 2 is 1.08 bits per heavy atom. The summed E-state index contributed by atoms with van der Waals surface area (Å²) in [5.74, 6) is -0.640. The van der Waals surface area contributed by atoms with Gasteiger partial charge >= 0.3 is 155 Å². The fourth-order valence-corrected chi connectivity index (χ4v) is 35.0. The predicted molar refractivity (Wildman–Crippen MR) is 105 cm³/mol. The van der Waals surface area contributed by atoms with Crippen molar-refractivity contribution in [1.82, 2.24) is 0 Å². The molecule has 0 fully saturated rings. The smallest absolute Gasteiger partial charge is 1.00 e. The third-order valence-corrected chi connectivity index (χ3v) is 35.8. The number of hydrogen-bond donors (Lipinski definition) is 0. The third kappa shape index (κ3) is 3.63. The molecule has 26 heavy (non-hydrogen) atoms. The molecular formula is C22H25Cl2HfSi. The molecule has 0 saturated heterocycles. The first-order valence-electron chi connectivity index (χ1n) is 9.00. The fourth-order valence-electron chi connectivity index (χ4n) is 4.58. The Bertz CT molecular complexity index is 789. The molecule has 135 valence electrons. The number of benzene rings is 2. The standard InChI is InChI=1S/2C10H9.C2H7Si.2ClH.Hf/c2*1-8-6-7-9-4-2-3-5-10(8)9;1-3-2;;;/h2*2-7H,1H3;3H,1-2H3;2*1H;/q;;;;;+2/p-2. The maximum Gasteiger partial charge on any atom is -1.00 e. The zero-order chi connectivity index (χ0) is 16.8. The number of rotatable bonds is 3. The quantitative estimate of drug-likeness (QED) is 0.456. The zero-order valence-electron chi connectivity index (χ0n) is 15.8. The van der Waals surface area contributed by atoms with Gasteiger partial charge in [0, 0.05) is 0 Å². The number of halogens is 2. The summed E-state index contributed by atoms with van der Waals surface area (Å²) in [5, 5.41) is 0. The minimum absolute atomic E-state index is 0. The van der Waals surface area contributed by atoms with Crippen LogP contribution in [0, 0.1) is 0 Å². The molecule has 2 unspecified atom stereocenters. The van der Waals surface area contributed by atoms with Gasteiger partial charge in [-0.2, -0.15) is 0 Å². The Morgan fingerprint density at radius 3 is 1.46 bits per heavy atom. The van der Waals surface area contributed by atoms with Gasteiger partial charge in [0.25, 0.3) is 0 Å². The van der Waals surface area contributed by atoms with Crippen molar-refractivity contribution >= 4 is 17.1 Å². The van der Waals surface area contributed by atoms with Gasteiger partial charge in [-0.15, -0.1) is 0 Å². The van der Waals surface area contributed by atoms with Crippen molar-refractivity contribution in [3.8, 4) is 0 Å². The summed E-state index contributed by atoms with van der Waals surface area (Å²) in [7, 11) is 0. The fraction of sp³-hybridized carbons (Fsp3) is 0.273. The monoisotopic (exact) mass is 567 g/mol. The van der Waals surface area contributed by atoms with E-state index in [0.717, 1.165) is 7.35 Å². The average Bonchev–Trinajstić information content (AvgIpc) is 3.08. The van der Waals surface area contributed by atoms with Gasteiger partial charge in [-0.25, -0.2) is 0 Å². The number of allylic oxidation sites excluding steroid dienone is 4. The van der Waals surface area contributed by atoms with Crippen LogP contribution in [-0.4, -0.2) is 5.98 Å². The summed E-state index contributed by atoms with van der Waals surface area (Å²) >= 11 is -1.89. The van der Waals surface area contributed by atoms with Crippen molar-refractivity contribution in [2.45, 2.75) is 34.3 Å². The summed E-state index contributed by atoms with van der Waals surface area (Å²) in [6.07, 6.45) is 5.29. The van der Waals surface area contributed by atoms with Crippen LogP contribution >= 0.6 is 0 Å². The Balaban J connectivity index is 0.00000121. The summed E-state index contributed by atoms with van der Waals surface area (Å²) < 4.78 is 1.58. The van der Waals surface area contributed by atoms with E-state index >= 15 is 0 Å². The Kier molecular flexibility index (Phi) is 7.35. The maximum absolute atomic E-state index is 2.64. The minimum atomic E-state index is -1.89. The second-order valence-corrected chi connectivity index (χ2v) is 35.8. The SMILES string of the molecule is CC1=C[CH]([Hf+2]([CH]2C=C(C)c3ccccc32)[SiH](C)C)c2ccccc21.[Cl-].[Cl-]. The van der Waals surface area contributed by atoms with E-state index in [9.17, 15) is 0 Å². The van der Waals surface area contributed by atoms with Crippen molar-refractivity contribution in [1.29, 1.82) is 0 Å². The Morgan fingerprint density at radius 1 is 0.692 bits per heavy atom. The maximum atomic E-state index is 2.64. The van der Waals surface area contributed by atoms with Gasteiger partial charge in [0.2, 0.25) is 0 Å². The van der Waals surface area contributed by atoms with Crippen LogP contribution in [0.3, 0.4) is 0 Å². The molecule has 0 spiro atoms. The third-order valence-electron chi connectivity index (χ3n) is 5.66. The first-order chi connectivity index (χ1) is 11.6. The summed E-state index contributed by atoms with van der Waals surface area (Å²) in [4.78, 5) is 0. The van der Waals surface area contributed by atoms with Crippen LogP contribution in [0.5, 0.6) is 0 Å². The van der Waals surface area contributed by atoms with Gasteiger partial charge in [0.15, 0.2) is 0 Å². The van der Waals surface area contributed by atoms with Crippen LogP contribution in [0.25, 0.3) is 11.1 Å². The molecule has 2 atom stereocenters. The molecule has 2 aliphatic carbocycles. The Hall–Kier alpha value is -0.413. The molecule has 0 amide bonds. The van der Waals surface area contributed by atoms with E-state index in [1.165, 1.54) is 22.3 Å². The van der Waals surface area contributed by atoms with Crippen LogP contribution in [0.4, 0.5) is 0 Å². The molecule has 0 aliphatic heterocycles. The number of hydrogen-bond acceptors (Lipinski definition) is 0. The van der Waals surface area contributed by atoms with Crippen molar-refractivity contribution in [3.05, 3.63) is 82.9 Å². The van der Waals surface area contributed by atoms with Gasteiger partial charge in [0.1, 0.15) is 0 Å². The van der Waals surface area contributed by atoms with Gasteiger partial charge in [-0.05, 0) is 0 Å². The van der Waals surface area contributed by atoms with Gasteiger partial charge < -0.3 is 24.8 Å². The second kappa shape index (κ2) is 8.73. The van der Waals surface area contributed by atoms with Crippen LogP contribution in [0.15, 0.2) is 60.7 Å². The van der Waals surface area contributed by atoms with Crippen LogP contribution < -0.4 is 24.8 Å². The first-order valence-corrected chi connectivity index (χ1v) is 22.3. The zero-order valence-corrected chi connectivity index (χ0v) is 22.0. The van der Waals surface area contributed by atoms with Gasteiger partial charge in [0.05, 0.1) is 0 Å². The molecule has 0 radical (unpaired) electrons. The molecule has 0 saturated carbocycles. The largest absolute Gasteiger partial charge is 1.00 e. The van der Waals surface area contributed by atoms with E-state index in [0.29, 0.717) is 0 Å². The average molecular weight is 567 g/mol. The second-order valence-electron chi connectivity index (χ2n) is 7.48. The molecule has 4 heteroatoms. The Labute approximate surface area is 178 Å².